The van der Waals surface area contributed by atoms with Crippen LogP contribution in [0, 0.1) is 5.92 Å². The lowest BCUT2D eigenvalue weighted by Crippen LogP contribution is -2.47. The second-order valence-corrected chi connectivity index (χ2v) is 11.5. The molecule has 2 heterocycles. The molecule has 2 saturated carbocycles. The number of halogens is 3. The van der Waals surface area contributed by atoms with Gasteiger partial charge in [0.15, 0.2) is 11.4 Å². The zero-order chi connectivity index (χ0) is 27.6. The van der Waals surface area contributed by atoms with E-state index < -0.39 is 23.2 Å². The van der Waals surface area contributed by atoms with E-state index in [0.29, 0.717) is 22.6 Å². The number of benzene rings is 2. The molecule has 206 valence electrons. The Labute approximate surface area is 225 Å². The standard InChI is InChI=1S/C29H32F3N5O2/c1-27(10-5-11-27)33-15-18-12-22-23(24(13-18)29(30,31)32)16-37(25(22)38)21-9-4-8-20(14-21)28(39,19-6-3-7-19)26-35-34-17-36(26)2/h4,8-9,12-14,17,19,33,39H,3,5-7,10-11,15-16H2,1-2H3. The lowest BCUT2D eigenvalue weighted by molar-refractivity contribution is -0.138. The molecule has 0 radical (unpaired) electrons. The highest BCUT2D eigenvalue weighted by Gasteiger charge is 2.47. The largest absolute Gasteiger partial charge is 0.416 e. The van der Waals surface area contributed by atoms with Crippen LogP contribution in [-0.2, 0) is 31.9 Å². The minimum absolute atomic E-state index is 0.0148. The molecule has 0 spiro atoms. The molecule has 2 fully saturated rings. The van der Waals surface area contributed by atoms with E-state index in [4.69, 9.17) is 0 Å². The second-order valence-electron chi connectivity index (χ2n) is 11.5. The Balaban J connectivity index is 1.35. The Hall–Kier alpha value is -3.24. The maximum absolute atomic E-state index is 14.2. The van der Waals surface area contributed by atoms with Gasteiger partial charge in [-0.3, -0.25) is 4.79 Å². The van der Waals surface area contributed by atoms with Crippen molar-refractivity contribution >= 4 is 11.6 Å². The zero-order valence-corrected chi connectivity index (χ0v) is 22.1. The SMILES string of the molecule is Cn1cnnc1C(O)(c1cccc(N2Cc3c(cc(CNC4(C)CCC4)cc3C(F)(F)F)C2=O)c1)C1CCC1. The number of alkyl halides is 3. The lowest BCUT2D eigenvalue weighted by Gasteiger charge is -2.41. The number of fused-ring (bicyclic) bond motifs is 1. The molecule has 1 unspecified atom stereocenters. The van der Waals surface area contributed by atoms with Crippen molar-refractivity contribution in [1.82, 2.24) is 20.1 Å². The first-order chi connectivity index (χ1) is 18.5. The molecule has 3 aromatic rings. The lowest BCUT2D eigenvalue weighted by atomic mass is 9.69. The molecule has 2 aliphatic carbocycles. The van der Waals surface area contributed by atoms with Crippen molar-refractivity contribution in [1.29, 1.82) is 0 Å². The van der Waals surface area contributed by atoms with E-state index in [1.165, 1.54) is 17.3 Å². The summed E-state index contributed by atoms with van der Waals surface area (Å²) in [5.74, 6) is -0.154. The molecule has 1 aliphatic heterocycles. The highest BCUT2D eigenvalue weighted by atomic mass is 19.4. The van der Waals surface area contributed by atoms with Crippen molar-refractivity contribution < 1.29 is 23.1 Å². The summed E-state index contributed by atoms with van der Waals surface area (Å²) in [7, 11) is 1.76. The summed E-state index contributed by atoms with van der Waals surface area (Å²) in [4.78, 5) is 15.0. The molecule has 7 nitrogen and oxygen atoms in total. The van der Waals surface area contributed by atoms with Crippen molar-refractivity contribution in [2.45, 2.75) is 75.9 Å². The van der Waals surface area contributed by atoms with Gasteiger partial charge in [0, 0.05) is 30.4 Å². The number of aliphatic hydroxyl groups is 1. The van der Waals surface area contributed by atoms with E-state index in [9.17, 15) is 23.1 Å². The van der Waals surface area contributed by atoms with E-state index in [1.807, 2.05) is 0 Å². The van der Waals surface area contributed by atoms with Gasteiger partial charge in [-0.15, -0.1) is 10.2 Å². The van der Waals surface area contributed by atoms with Crippen LogP contribution in [0.1, 0.15) is 83.9 Å². The van der Waals surface area contributed by atoms with Crippen molar-refractivity contribution in [2.24, 2.45) is 13.0 Å². The molecule has 1 atom stereocenters. The minimum atomic E-state index is -4.59. The predicted octanol–water partition coefficient (Wildman–Crippen LogP) is 5.06. The summed E-state index contributed by atoms with van der Waals surface area (Å²) in [6.07, 6.45) is 2.61. The Morgan fingerprint density at radius 1 is 1.15 bits per heavy atom. The minimum Gasteiger partial charge on any atom is -0.377 e. The van der Waals surface area contributed by atoms with Gasteiger partial charge >= 0.3 is 6.18 Å². The average Bonchev–Trinajstić information content (AvgIpc) is 3.42. The molecule has 1 aromatic heterocycles. The molecule has 10 heteroatoms. The first-order valence-electron chi connectivity index (χ1n) is 13.5. The molecular formula is C29H32F3N5O2. The normalized spacial score (nSPS) is 20.4. The molecule has 3 aliphatic rings. The zero-order valence-electron chi connectivity index (χ0n) is 22.1. The number of hydrogen-bond donors (Lipinski definition) is 2. The van der Waals surface area contributed by atoms with Gasteiger partial charge in [-0.25, -0.2) is 0 Å². The van der Waals surface area contributed by atoms with Crippen LogP contribution < -0.4 is 10.2 Å². The maximum atomic E-state index is 14.2. The van der Waals surface area contributed by atoms with Gasteiger partial charge in [0.25, 0.3) is 5.91 Å². The van der Waals surface area contributed by atoms with Gasteiger partial charge in [0.05, 0.1) is 12.1 Å². The molecule has 1 amide bonds. The molecular weight excluding hydrogens is 507 g/mol. The number of anilines is 1. The van der Waals surface area contributed by atoms with Crippen molar-refractivity contribution in [3.8, 4) is 0 Å². The quantitative estimate of drug-likeness (QED) is 0.439. The average molecular weight is 540 g/mol. The smallest absolute Gasteiger partial charge is 0.377 e. The van der Waals surface area contributed by atoms with Gasteiger partial charge in [0.2, 0.25) is 0 Å². The van der Waals surface area contributed by atoms with Crippen LogP contribution in [0.25, 0.3) is 0 Å². The summed E-state index contributed by atoms with van der Waals surface area (Å²) in [5.41, 5.74) is -0.793. The molecule has 2 N–H and O–H groups in total. The summed E-state index contributed by atoms with van der Waals surface area (Å²) < 4.78 is 44.2. The van der Waals surface area contributed by atoms with Gasteiger partial charge in [-0.2, -0.15) is 13.2 Å². The van der Waals surface area contributed by atoms with E-state index in [0.717, 1.165) is 38.5 Å². The number of aromatic nitrogens is 3. The number of aryl methyl sites for hydroxylation is 1. The van der Waals surface area contributed by atoms with Gasteiger partial charge < -0.3 is 19.9 Å². The number of nitrogens with one attached hydrogen (secondary N) is 1. The molecule has 6 rings (SSSR count). The summed E-state index contributed by atoms with van der Waals surface area (Å²) in [6.45, 7) is 2.14. The third kappa shape index (κ3) is 4.34. The number of hydrogen-bond acceptors (Lipinski definition) is 5. The highest BCUT2D eigenvalue weighted by Crippen LogP contribution is 2.47. The molecule has 0 bridgehead atoms. The topological polar surface area (TPSA) is 83.3 Å². The Morgan fingerprint density at radius 2 is 1.92 bits per heavy atom. The third-order valence-electron chi connectivity index (χ3n) is 8.93. The van der Waals surface area contributed by atoms with Crippen LogP contribution in [0.15, 0.2) is 42.7 Å². The monoisotopic (exact) mass is 539 g/mol. The summed E-state index contributed by atoms with van der Waals surface area (Å²) in [5, 5.41) is 23.5. The summed E-state index contributed by atoms with van der Waals surface area (Å²) in [6, 6.07) is 9.65. The van der Waals surface area contributed by atoms with E-state index in [2.05, 4.69) is 22.4 Å². The second kappa shape index (κ2) is 9.16. The first-order valence-corrected chi connectivity index (χ1v) is 13.5. The van der Waals surface area contributed by atoms with Gasteiger partial charge in [-0.1, -0.05) is 18.6 Å². The van der Waals surface area contributed by atoms with Crippen LogP contribution >= 0.6 is 0 Å². The fourth-order valence-electron chi connectivity index (χ4n) is 6.14. The van der Waals surface area contributed by atoms with E-state index in [-0.39, 0.29) is 35.7 Å². The number of amides is 1. The predicted molar refractivity (Wildman–Crippen MR) is 139 cm³/mol. The third-order valence-corrected chi connectivity index (χ3v) is 8.93. The van der Waals surface area contributed by atoms with Crippen molar-refractivity contribution in [3.05, 3.63) is 76.4 Å². The van der Waals surface area contributed by atoms with Crippen molar-refractivity contribution in [2.75, 3.05) is 4.90 Å². The fourth-order valence-corrected chi connectivity index (χ4v) is 6.14. The number of carbonyl (C=O) groups excluding carboxylic acids is 1. The molecule has 2 aromatic carbocycles. The van der Waals surface area contributed by atoms with Crippen LogP contribution in [-0.4, -0.2) is 31.3 Å². The van der Waals surface area contributed by atoms with E-state index in [1.54, 1.807) is 41.9 Å². The fraction of sp³-hybridized carbons (Fsp3) is 0.483. The van der Waals surface area contributed by atoms with Crippen LogP contribution in [0.5, 0.6) is 0 Å². The number of rotatable bonds is 7. The number of nitrogens with zero attached hydrogens (tertiary/aromatic N) is 4. The number of carbonyl (C=O) groups is 1. The highest BCUT2D eigenvalue weighted by molar-refractivity contribution is 6.10. The van der Waals surface area contributed by atoms with Crippen LogP contribution in [0.2, 0.25) is 0 Å². The maximum Gasteiger partial charge on any atom is 0.416 e. The van der Waals surface area contributed by atoms with E-state index >= 15 is 0 Å². The Kier molecular flexibility index (Phi) is 6.11. The molecule has 39 heavy (non-hydrogen) atoms. The van der Waals surface area contributed by atoms with Crippen LogP contribution in [0.4, 0.5) is 18.9 Å². The first kappa shape index (κ1) is 26.0. The van der Waals surface area contributed by atoms with Gasteiger partial charge in [0.1, 0.15) is 6.33 Å². The molecule has 0 saturated heterocycles. The van der Waals surface area contributed by atoms with Gasteiger partial charge in [-0.05, 0) is 85.9 Å². The Bertz CT molecular complexity index is 1430. The summed E-state index contributed by atoms with van der Waals surface area (Å²) >= 11 is 0. The van der Waals surface area contributed by atoms with Crippen molar-refractivity contribution in [3.63, 3.8) is 0 Å². The van der Waals surface area contributed by atoms with Crippen LogP contribution in [0.3, 0.4) is 0 Å². The Morgan fingerprint density at radius 3 is 2.51 bits per heavy atom.